The summed E-state index contributed by atoms with van der Waals surface area (Å²) < 4.78 is 28.7. The van der Waals surface area contributed by atoms with E-state index in [-0.39, 0.29) is 33.5 Å². The highest BCUT2D eigenvalue weighted by Crippen LogP contribution is 2.27. The Labute approximate surface area is 197 Å². The summed E-state index contributed by atoms with van der Waals surface area (Å²) in [6.07, 6.45) is 3.96. The lowest BCUT2D eigenvalue weighted by atomic mass is 10.2. The number of hydrogen-bond donors (Lipinski definition) is 2. The molecule has 0 atom stereocenters. The predicted molar refractivity (Wildman–Crippen MR) is 127 cm³/mol. The Balaban J connectivity index is 2.02. The second-order valence-electron chi connectivity index (χ2n) is 7.97. The van der Waals surface area contributed by atoms with Gasteiger partial charge in [0.05, 0.1) is 15.5 Å². The molecule has 0 spiro atoms. The lowest BCUT2D eigenvalue weighted by Gasteiger charge is -2.26. The summed E-state index contributed by atoms with van der Waals surface area (Å²) in [5.41, 5.74) is 4.30. The van der Waals surface area contributed by atoms with Crippen LogP contribution in [0.4, 0.5) is 11.5 Å². The van der Waals surface area contributed by atoms with E-state index in [2.05, 4.69) is 4.98 Å². The Kier molecular flexibility index (Phi) is 7.65. The highest BCUT2D eigenvalue weighted by Gasteiger charge is 2.29. The molecule has 1 aromatic heterocycles. The van der Waals surface area contributed by atoms with Gasteiger partial charge in [-0.25, -0.2) is 13.2 Å². The SMILES string of the molecule is CCCCn1c(N)c(N(C)C(=O)c2cc(S(=O)(=O)N3CCCCC3)ccc2Cl)c(=O)[nH]c1=O. The second kappa shape index (κ2) is 10.1. The Morgan fingerprint density at radius 1 is 1.21 bits per heavy atom. The van der Waals surface area contributed by atoms with E-state index in [4.69, 9.17) is 17.3 Å². The molecule has 0 radical (unpaired) electrons. The zero-order valence-corrected chi connectivity index (χ0v) is 20.2. The van der Waals surface area contributed by atoms with Crippen molar-refractivity contribution in [2.24, 2.45) is 0 Å². The minimum absolute atomic E-state index is 0.0266. The van der Waals surface area contributed by atoms with Crippen molar-refractivity contribution in [2.45, 2.75) is 50.5 Å². The molecule has 33 heavy (non-hydrogen) atoms. The van der Waals surface area contributed by atoms with Gasteiger partial charge in [0, 0.05) is 26.7 Å². The number of hydrogen-bond acceptors (Lipinski definition) is 6. The third-order valence-corrected chi connectivity index (χ3v) is 7.93. The summed E-state index contributed by atoms with van der Waals surface area (Å²) in [6.45, 7) is 3.05. The first kappa shape index (κ1) is 25.0. The highest BCUT2D eigenvalue weighted by molar-refractivity contribution is 7.89. The van der Waals surface area contributed by atoms with Gasteiger partial charge in [-0.3, -0.25) is 19.1 Å². The van der Waals surface area contributed by atoms with Crippen molar-refractivity contribution in [1.29, 1.82) is 0 Å². The van der Waals surface area contributed by atoms with E-state index in [0.29, 0.717) is 19.5 Å². The molecule has 0 aliphatic carbocycles. The summed E-state index contributed by atoms with van der Waals surface area (Å²) >= 11 is 6.23. The second-order valence-corrected chi connectivity index (χ2v) is 10.3. The van der Waals surface area contributed by atoms with Gasteiger partial charge in [0.25, 0.3) is 11.5 Å². The molecule has 1 aromatic carbocycles. The lowest BCUT2D eigenvalue weighted by molar-refractivity contribution is 0.0992. The number of nitrogen functional groups attached to an aromatic ring is 1. The topological polar surface area (TPSA) is 139 Å². The molecular weight excluding hydrogens is 470 g/mol. The van der Waals surface area contributed by atoms with E-state index in [1.54, 1.807) is 0 Å². The Morgan fingerprint density at radius 3 is 2.52 bits per heavy atom. The molecule has 10 nitrogen and oxygen atoms in total. The van der Waals surface area contributed by atoms with Crippen LogP contribution in [0.1, 0.15) is 49.4 Å². The van der Waals surface area contributed by atoms with Crippen LogP contribution < -0.4 is 21.9 Å². The van der Waals surface area contributed by atoms with Gasteiger partial charge < -0.3 is 10.6 Å². The van der Waals surface area contributed by atoms with Crippen LogP contribution in [-0.2, 0) is 16.6 Å². The number of rotatable bonds is 7. The van der Waals surface area contributed by atoms with Crippen molar-refractivity contribution in [3.63, 3.8) is 0 Å². The van der Waals surface area contributed by atoms with Gasteiger partial charge in [-0.2, -0.15) is 4.31 Å². The number of nitrogens with two attached hydrogens (primary N) is 1. The molecule has 1 fully saturated rings. The fourth-order valence-electron chi connectivity index (χ4n) is 3.81. The van der Waals surface area contributed by atoms with Crippen molar-refractivity contribution in [2.75, 3.05) is 30.8 Å². The number of unbranched alkanes of at least 4 members (excludes halogenated alkanes) is 1. The van der Waals surface area contributed by atoms with Gasteiger partial charge in [-0.05, 0) is 37.5 Å². The van der Waals surface area contributed by atoms with Crippen LogP contribution in [0.3, 0.4) is 0 Å². The molecule has 3 N–H and O–H groups in total. The molecule has 3 rings (SSSR count). The first-order valence-electron chi connectivity index (χ1n) is 10.8. The summed E-state index contributed by atoms with van der Waals surface area (Å²) in [7, 11) is -2.48. The molecule has 0 bridgehead atoms. The molecular formula is C21H28ClN5O5S. The Morgan fingerprint density at radius 2 is 1.88 bits per heavy atom. The van der Waals surface area contributed by atoms with Crippen LogP contribution >= 0.6 is 11.6 Å². The van der Waals surface area contributed by atoms with E-state index in [9.17, 15) is 22.8 Å². The fraction of sp³-hybridized carbons (Fsp3) is 0.476. The van der Waals surface area contributed by atoms with Crippen LogP contribution in [0.5, 0.6) is 0 Å². The zero-order valence-electron chi connectivity index (χ0n) is 18.6. The number of aromatic amines is 1. The van der Waals surface area contributed by atoms with Crippen molar-refractivity contribution in [1.82, 2.24) is 13.9 Å². The number of aromatic nitrogens is 2. The van der Waals surface area contributed by atoms with Crippen LogP contribution in [0.25, 0.3) is 0 Å². The minimum Gasteiger partial charge on any atom is -0.383 e. The van der Waals surface area contributed by atoms with E-state index >= 15 is 0 Å². The number of carbonyl (C=O) groups excluding carboxylic acids is 1. The monoisotopic (exact) mass is 497 g/mol. The molecule has 180 valence electrons. The molecule has 1 aliphatic heterocycles. The van der Waals surface area contributed by atoms with Crippen molar-refractivity contribution >= 4 is 39.0 Å². The Hall–Kier alpha value is -2.63. The normalized spacial score (nSPS) is 14.9. The fourth-order valence-corrected chi connectivity index (χ4v) is 5.55. The number of nitrogens with zero attached hydrogens (tertiary/aromatic N) is 3. The first-order valence-corrected chi connectivity index (χ1v) is 12.6. The summed E-state index contributed by atoms with van der Waals surface area (Å²) in [5.74, 6) is -0.880. The highest BCUT2D eigenvalue weighted by atomic mass is 35.5. The van der Waals surface area contributed by atoms with Crippen LogP contribution in [0.2, 0.25) is 5.02 Å². The standard InChI is InChI=1S/C21H28ClN5O5S/c1-3-4-12-27-18(23)17(19(28)24-21(27)30)25(2)20(29)15-13-14(8-9-16(15)22)33(31,32)26-10-6-5-7-11-26/h8-9,13H,3-7,10-12,23H2,1-2H3,(H,24,28,30). The number of amides is 1. The number of halogens is 1. The van der Waals surface area contributed by atoms with Crippen molar-refractivity contribution in [3.8, 4) is 0 Å². The summed E-state index contributed by atoms with van der Waals surface area (Å²) in [4.78, 5) is 41.1. The predicted octanol–water partition coefficient (Wildman–Crippen LogP) is 2.02. The van der Waals surface area contributed by atoms with E-state index < -0.39 is 27.2 Å². The van der Waals surface area contributed by atoms with Gasteiger partial charge in [-0.1, -0.05) is 31.4 Å². The maximum Gasteiger partial charge on any atom is 0.330 e. The van der Waals surface area contributed by atoms with Gasteiger partial charge in [0.15, 0.2) is 5.69 Å². The average Bonchev–Trinajstić information content (AvgIpc) is 2.79. The molecule has 2 heterocycles. The lowest BCUT2D eigenvalue weighted by Crippen LogP contribution is -2.39. The molecule has 1 aliphatic rings. The summed E-state index contributed by atoms with van der Waals surface area (Å²) in [6, 6.07) is 3.91. The maximum absolute atomic E-state index is 13.3. The molecule has 0 unspecified atom stereocenters. The molecule has 2 aromatic rings. The van der Waals surface area contributed by atoms with Crippen molar-refractivity contribution in [3.05, 3.63) is 49.6 Å². The summed E-state index contributed by atoms with van der Waals surface area (Å²) in [5, 5.41) is 0.0266. The average molecular weight is 498 g/mol. The number of H-pyrrole nitrogens is 1. The Bertz CT molecular complexity index is 1260. The van der Waals surface area contributed by atoms with Crippen LogP contribution in [0, 0.1) is 0 Å². The van der Waals surface area contributed by atoms with Gasteiger partial charge >= 0.3 is 5.69 Å². The largest absolute Gasteiger partial charge is 0.383 e. The van der Waals surface area contributed by atoms with Gasteiger partial charge in [0.2, 0.25) is 10.0 Å². The molecule has 1 amide bonds. The first-order chi connectivity index (χ1) is 15.6. The third kappa shape index (κ3) is 4.99. The van der Waals surface area contributed by atoms with Crippen LogP contribution in [-0.4, -0.2) is 48.3 Å². The maximum atomic E-state index is 13.3. The van der Waals surface area contributed by atoms with E-state index in [0.717, 1.165) is 30.6 Å². The van der Waals surface area contributed by atoms with E-state index in [1.807, 2.05) is 6.92 Å². The smallest absolute Gasteiger partial charge is 0.330 e. The number of sulfonamides is 1. The van der Waals surface area contributed by atoms with Crippen molar-refractivity contribution < 1.29 is 13.2 Å². The molecule has 1 saturated heterocycles. The molecule has 12 heteroatoms. The number of anilines is 2. The van der Waals surface area contributed by atoms with Gasteiger partial charge in [0.1, 0.15) is 5.82 Å². The minimum atomic E-state index is -3.80. The number of nitrogens with one attached hydrogen (secondary N) is 1. The quantitative estimate of drug-likeness (QED) is 0.600. The zero-order chi connectivity index (χ0) is 24.3. The van der Waals surface area contributed by atoms with Crippen LogP contribution in [0.15, 0.2) is 32.7 Å². The molecule has 0 saturated carbocycles. The van der Waals surface area contributed by atoms with E-state index in [1.165, 1.54) is 34.1 Å². The number of carbonyl (C=O) groups is 1. The number of piperidine rings is 1. The number of benzene rings is 1. The third-order valence-electron chi connectivity index (χ3n) is 5.71. The van der Waals surface area contributed by atoms with Gasteiger partial charge in [-0.15, -0.1) is 0 Å².